The molecular weight excluding hydrogens is 159 g/mol. The van der Waals surface area contributed by atoms with Crippen molar-refractivity contribution < 1.29 is 13.9 Å². The molecule has 2 nitrogen and oxygen atoms in total. The lowest BCUT2D eigenvalue weighted by atomic mass is 9.88. The van der Waals surface area contributed by atoms with Gasteiger partial charge >= 0.3 is 5.97 Å². The molecule has 0 aromatic heterocycles. The number of alkyl halides is 1. The third-order valence-corrected chi connectivity index (χ3v) is 2.28. The molecule has 0 N–H and O–H groups in total. The fraction of sp³-hybridized carbons (Fsp3) is 0.889. The quantitative estimate of drug-likeness (QED) is 0.599. The molecule has 0 heterocycles. The van der Waals surface area contributed by atoms with E-state index in [2.05, 4.69) is 0 Å². The molecule has 0 spiro atoms. The van der Waals surface area contributed by atoms with Gasteiger partial charge in [-0.2, -0.15) is 0 Å². The number of hydrogen-bond donors (Lipinski definition) is 0. The molecule has 1 aliphatic carbocycles. The fourth-order valence-electron chi connectivity index (χ4n) is 1.55. The van der Waals surface area contributed by atoms with E-state index < -0.39 is 6.17 Å². The average molecular weight is 174 g/mol. The molecule has 0 unspecified atom stereocenters. The molecule has 1 saturated carbocycles. The van der Waals surface area contributed by atoms with E-state index in [0.29, 0.717) is 32.3 Å². The Hall–Kier alpha value is -0.600. The lowest BCUT2D eigenvalue weighted by Crippen LogP contribution is -2.24. The van der Waals surface area contributed by atoms with Crippen LogP contribution in [0.25, 0.3) is 0 Å². The van der Waals surface area contributed by atoms with Crippen LogP contribution in [0.4, 0.5) is 4.39 Å². The summed E-state index contributed by atoms with van der Waals surface area (Å²) in [5.74, 6) is -0.193. The van der Waals surface area contributed by atoms with Crippen LogP contribution in [0.3, 0.4) is 0 Å². The summed E-state index contributed by atoms with van der Waals surface area (Å²) in [5.41, 5.74) is 0. The molecule has 3 heteroatoms. The Bertz CT molecular complexity index is 151. The average Bonchev–Trinajstić information content (AvgIpc) is 2.06. The second kappa shape index (κ2) is 4.43. The summed E-state index contributed by atoms with van der Waals surface area (Å²) in [4.78, 5) is 11.2. The van der Waals surface area contributed by atoms with Gasteiger partial charge in [0, 0.05) is 0 Å². The van der Waals surface area contributed by atoms with Crippen LogP contribution < -0.4 is 0 Å². The Morgan fingerprint density at radius 2 is 2.00 bits per heavy atom. The Balaban J connectivity index is 2.29. The zero-order chi connectivity index (χ0) is 8.97. The Morgan fingerprint density at radius 1 is 1.42 bits per heavy atom. The van der Waals surface area contributed by atoms with Crippen LogP contribution in [-0.4, -0.2) is 18.7 Å². The summed E-state index contributed by atoms with van der Waals surface area (Å²) in [6, 6.07) is 0. The van der Waals surface area contributed by atoms with Crippen molar-refractivity contribution in [2.24, 2.45) is 5.92 Å². The molecule has 0 aromatic rings. The number of carbonyl (C=O) groups is 1. The van der Waals surface area contributed by atoms with Crippen molar-refractivity contribution in [3.63, 3.8) is 0 Å². The van der Waals surface area contributed by atoms with E-state index >= 15 is 0 Å². The van der Waals surface area contributed by atoms with Gasteiger partial charge in [-0.1, -0.05) is 0 Å². The predicted molar refractivity (Wildman–Crippen MR) is 43.5 cm³/mol. The minimum atomic E-state index is -0.698. The Labute approximate surface area is 72.1 Å². The van der Waals surface area contributed by atoms with Gasteiger partial charge in [-0.3, -0.25) is 4.79 Å². The number of hydrogen-bond acceptors (Lipinski definition) is 2. The number of rotatable bonds is 2. The Kier molecular flexibility index (Phi) is 3.50. The van der Waals surface area contributed by atoms with Crippen molar-refractivity contribution >= 4 is 5.97 Å². The summed E-state index contributed by atoms with van der Waals surface area (Å²) in [6.07, 6.45) is 1.64. The lowest BCUT2D eigenvalue weighted by molar-refractivity contribution is -0.149. The van der Waals surface area contributed by atoms with E-state index in [9.17, 15) is 9.18 Å². The molecular formula is C9H15FO2. The standard InChI is InChI=1S/C9H15FO2/c1-2-12-9(11)7-3-5-8(10)6-4-7/h7-8H,2-6H2,1H3. The highest BCUT2D eigenvalue weighted by molar-refractivity contribution is 5.72. The van der Waals surface area contributed by atoms with Gasteiger partial charge in [0.25, 0.3) is 0 Å². The van der Waals surface area contributed by atoms with Gasteiger partial charge in [-0.15, -0.1) is 0 Å². The second-order valence-electron chi connectivity index (χ2n) is 3.20. The molecule has 0 aromatic carbocycles. The topological polar surface area (TPSA) is 26.3 Å². The number of carbonyl (C=O) groups excluding carboxylic acids is 1. The second-order valence-corrected chi connectivity index (χ2v) is 3.20. The monoisotopic (exact) mass is 174 g/mol. The van der Waals surface area contributed by atoms with E-state index in [0.717, 1.165) is 0 Å². The summed E-state index contributed by atoms with van der Waals surface area (Å²) in [5, 5.41) is 0. The van der Waals surface area contributed by atoms with E-state index in [4.69, 9.17) is 4.74 Å². The van der Waals surface area contributed by atoms with Crippen molar-refractivity contribution in [3.8, 4) is 0 Å². The summed E-state index contributed by atoms with van der Waals surface area (Å²) in [7, 11) is 0. The predicted octanol–water partition coefficient (Wildman–Crippen LogP) is 2.08. The third kappa shape index (κ3) is 2.47. The molecule has 0 amide bonds. The van der Waals surface area contributed by atoms with Gasteiger partial charge < -0.3 is 4.74 Å². The maximum Gasteiger partial charge on any atom is 0.308 e. The molecule has 0 atom stereocenters. The van der Waals surface area contributed by atoms with E-state index in [1.54, 1.807) is 6.92 Å². The highest BCUT2D eigenvalue weighted by atomic mass is 19.1. The zero-order valence-electron chi connectivity index (χ0n) is 7.38. The van der Waals surface area contributed by atoms with Gasteiger partial charge in [0.1, 0.15) is 6.17 Å². The zero-order valence-corrected chi connectivity index (χ0v) is 7.38. The molecule has 1 fully saturated rings. The Morgan fingerprint density at radius 3 is 2.50 bits per heavy atom. The SMILES string of the molecule is CCOC(=O)C1CCC(F)CC1. The van der Waals surface area contributed by atoms with E-state index in [1.807, 2.05) is 0 Å². The van der Waals surface area contributed by atoms with Gasteiger partial charge in [-0.25, -0.2) is 4.39 Å². The maximum absolute atomic E-state index is 12.7. The normalized spacial score (nSPS) is 29.8. The summed E-state index contributed by atoms with van der Waals surface area (Å²) >= 11 is 0. The summed E-state index contributed by atoms with van der Waals surface area (Å²) in [6.45, 7) is 2.22. The van der Waals surface area contributed by atoms with Crippen LogP contribution >= 0.6 is 0 Å². The van der Waals surface area contributed by atoms with Gasteiger partial charge in [0.2, 0.25) is 0 Å². The van der Waals surface area contributed by atoms with Gasteiger partial charge in [0.05, 0.1) is 12.5 Å². The molecule has 1 rings (SSSR count). The number of ether oxygens (including phenoxy) is 1. The summed E-state index contributed by atoms with van der Waals surface area (Å²) < 4.78 is 17.5. The number of esters is 1. The molecule has 0 bridgehead atoms. The molecule has 0 radical (unpaired) electrons. The third-order valence-electron chi connectivity index (χ3n) is 2.28. The molecule has 70 valence electrons. The van der Waals surface area contributed by atoms with Gasteiger partial charge in [0.15, 0.2) is 0 Å². The first kappa shape index (κ1) is 9.49. The molecule has 12 heavy (non-hydrogen) atoms. The maximum atomic E-state index is 12.7. The van der Waals surface area contributed by atoms with Crippen LogP contribution in [0.15, 0.2) is 0 Å². The van der Waals surface area contributed by atoms with Crippen molar-refractivity contribution in [1.29, 1.82) is 0 Å². The van der Waals surface area contributed by atoms with Crippen LogP contribution in [0.1, 0.15) is 32.6 Å². The molecule has 0 saturated heterocycles. The molecule has 1 aliphatic rings. The van der Waals surface area contributed by atoms with Crippen molar-refractivity contribution in [2.45, 2.75) is 38.8 Å². The van der Waals surface area contributed by atoms with Crippen molar-refractivity contribution in [1.82, 2.24) is 0 Å². The minimum absolute atomic E-state index is 0.0445. The van der Waals surface area contributed by atoms with Crippen LogP contribution in [0.5, 0.6) is 0 Å². The first-order valence-corrected chi connectivity index (χ1v) is 4.54. The lowest BCUT2D eigenvalue weighted by Gasteiger charge is -2.22. The van der Waals surface area contributed by atoms with Crippen LogP contribution in [0.2, 0.25) is 0 Å². The first-order chi connectivity index (χ1) is 5.74. The molecule has 0 aliphatic heterocycles. The van der Waals surface area contributed by atoms with Crippen LogP contribution in [-0.2, 0) is 9.53 Å². The van der Waals surface area contributed by atoms with Crippen LogP contribution in [0, 0.1) is 5.92 Å². The highest BCUT2D eigenvalue weighted by Gasteiger charge is 2.26. The van der Waals surface area contributed by atoms with Crippen molar-refractivity contribution in [3.05, 3.63) is 0 Å². The minimum Gasteiger partial charge on any atom is -0.466 e. The van der Waals surface area contributed by atoms with Gasteiger partial charge in [-0.05, 0) is 32.6 Å². The fourth-order valence-corrected chi connectivity index (χ4v) is 1.55. The first-order valence-electron chi connectivity index (χ1n) is 4.54. The number of halogens is 1. The highest BCUT2D eigenvalue weighted by Crippen LogP contribution is 2.26. The smallest absolute Gasteiger partial charge is 0.308 e. The largest absolute Gasteiger partial charge is 0.466 e. The van der Waals surface area contributed by atoms with Crippen molar-refractivity contribution in [2.75, 3.05) is 6.61 Å². The van der Waals surface area contributed by atoms with E-state index in [1.165, 1.54) is 0 Å². The van der Waals surface area contributed by atoms with E-state index in [-0.39, 0.29) is 11.9 Å².